The number of nitrogens with one attached hydrogen (secondary N) is 2. The lowest BCUT2D eigenvalue weighted by atomic mass is 10.1. The fraction of sp³-hybridized carbons (Fsp3) is 0.368. The van der Waals surface area contributed by atoms with E-state index in [-0.39, 0.29) is 18.0 Å². The highest BCUT2D eigenvalue weighted by atomic mass is 16.5. The van der Waals surface area contributed by atoms with Crippen molar-refractivity contribution >= 4 is 5.91 Å². The van der Waals surface area contributed by atoms with E-state index in [9.17, 15) is 9.59 Å². The summed E-state index contributed by atoms with van der Waals surface area (Å²) in [5.74, 6) is 0.727. The Kier molecular flexibility index (Phi) is 6.18. The molecular weight excluding hydrogens is 304 g/mol. The molecule has 0 spiro atoms. The van der Waals surface area contributed by atoms with Gasteiger partial charge in [-0.25, -0.2) is 0 Å². The molecule has 1 heterocycles. The lowest BCUT2D eigenvalue weighted by Gasteiger charge is -2.09. The van der Waals surface area contributed by atoms with Gasteiger partial charge in [-0.3, -0.25) is 9.59 Å². The maximum absolute atomic E-state index is 11.9. The van der Waals surface area contributed by atoms with E-state index in [4.69, 9.17) is 4.74 Å². The second-order valence-corrected chi connectivity index (χ2v) is 5.98. The molecule has 5 nitrogen and oxygen atoms in total. The predicted octanol–water partition coefficient (Wildman–Crippen LogP) is 2.78. The van der Waals surface area contributed by atoms with Gasteiger partial charge in [0, 0.05) is 24.2 Å². The third kappa shape index (κ3) is 5.26. The molecular formula is C19H24N2O3. The molecule has 1 aromatic carbocycles. The van der Waals surface area contributed by atoms with Gasteiger partial charge in [0.1, 0.15) is 5.75 Å². The van der Waals surface area contributed by atoms with Crippen molar-refractivity contribution < 1.29 is 9.53 Å². The molecule has 0 unspecified atom stereocenters. The first-order chi connectivity index (χ1) is 11.5. The maximum atomic E-state index is 11.9. The third-order valence-electron chi connectivity index (χ3n) is 3.79. The second kappa shape index (κ2) is 8.34. The Hall–Kier alpha value is -2.56. The second-order valence-electron chi connectivity index (χ2n) is 5.98. The van der Waals surface area contributed by atoms with E-state index in [0.29, 0.717) is 25.0 Å². The van der Waals surface area contributed by atoms with Crippen LogP contribution in [0.2, 0.25) is 0 Å². The van der Waals surface area contributed by atoms with Crippen LogP contribution in [0, 0.1) is 20.8 Å². The first-order valence-electron chi connectivity index (χ1n) is 8.11. The SMILES string of the molecule is Cc1ccc(OCCCC(=O)NCc2c(C)cc(C)[nH]c2=O)cc1. The summed E-state index contributed by atoms with van der Waals surface area (Å²) in [5, 5.41) is 2.79. The van der Waals surface area contributed by atoms with Crippen LogP contribution in [0.3, 0.4) is 0 Å². The minimum Gasteiger partial charge on any atom is -0.494 e. The first-order valence-corrected chi connectivity index (χ1v) is 8.11. The molecule has 24 heavy (non-hydrogen) atoms. The number of ether oxygens (including phenoxy) is 1. The summed E-state index contributed by atoms with van der Waals surface area (Å²) in [6, 6.07) is 9.72. The first kappa shape index (κ1) is 17.8. The van der Waals surface area contributed by atoms with Crippen LogP contribution in [0.15, 0.2) is 35.1 Å². The summed E-state index contributed by atoms with van der Waals surface area (Å²) < 4.78 is 5.59. The largest absolute Gasteiger partial charge is 0.494 e. The Morgan fingerprint density at radius 1 is 1.17 bits per heavy atom. The molecule has 1 aromatic heterocycles. The van der Waals surface area contributed by atoms with E-state index in [2.05, 4.69) is 10.3 Å². The molecule has 128 valence electrons. The number of amides is 1. The average Bonchev–Trinajstić information content (AvgIpc) is 2.52. The highest BCUT2D eigenvalue weighted by Crippen LogP contribution is 2.11. The molecule has 0 radical (unpaired) electrons. The van der Waals surface area contributed by atoms with E-state index in [1.807, 2.05) is 51.1 Å². The zero-order valence-corrected chi connectivity index (χ0v) is 14.4. The quantitative estimate of drug-likeness (QED) is 0.768. The molecule has 0 saturated carbocycles. The molecule has 0 fully saturated rings. The molecule has 0 aliphatic rings. The number of carbonyl (C=O) groups is 1. The highest BCUT2D eigenvalue weighted by molar-refractivity contribution is 5.75. The van der Waals surface area contributed by atoms with Gasteiger partial charge < -0.3 is 15.0 Å². The monoisotopic (exact) mass is 328 g/mol. The van der Waals surface area contributed by atoms with E-state index >= 15 is 0 Å². The smallest absolute Gasteiger partial charge is 0.253 e. The van der Waals surface area contributed by atoms with Crippen LogP contribution in [-0.4, -0.2) is 17.5 Å². The van der Waals surface area contributed by atoms with Crippen molar-refractivity contribution in [1.82, 2.24) is 10.3 Å². The van der Waals surface area contributed by atoms with Crippen molar-refractivity contribution in [3.63, 3.8) is 0 Å². The Balaban J connectivity index is 1.72. The number of hydrogen-bond acceptors (Lipinski definition) is 3. The highest BCUT2D eigenvalue weighted by Gasteiger charge is 2.07. The fourth-order valence-corrected chi connectivity index (χ4v) is 2.43. The molecule has 5 heteroatoms. The van der Waals surface area contributed by atoms with Crippen LogP contribution in [0.5, 0.6) is 5.75 Å². The Bertz CT molecular complexity index is 748. The summed E-state index contributed by atoms with van der Waals surface area (Å²) in [6.45, 7) is 6.47. The number of aromatic nitrogens is 1. The lowest BCUT2D eigenvalue weighted by Crippen LogP contribution is -2.28. The van der Waals surface area contributed by atoms with Crippen LogP contribution in [0.1, 0.15) is 35.2 Å². The van der Waals surface area contributed by atoms with Gasteiger partial charge >= 0.3 is 0 Å². The normalized spacial score (nSPS) is 10.5. The summed E-state index contributed by atoms with van der Waals surface area (Å²) >= 11 is 0. The van der Waals surface area contributed by atoms with Crippen LogP contribution < -0.4 is 15.6 Å². The van der Waals surface area contributed by atoms with Crippen molar-refractivity contribution in [2.75, 3.05) is 6.61 Å². The number of rotatable bonds is 7. The maximum Gasteiger partial charge on any atom is 0.253 e. The fourth-order valence-electron chi connectivity index (χ4n) is 2.43. The standard InChI is InChI=1S/C19H24N2O3/c1-13-6-8-16(9-7-13)24-10-4-5-18(22)20-12-17-14(2)11-15(3)21-19(17)23/h6-9,11H,4-5,10,12H2,1-3H3,(H,20,22)(H,21,23). The number of benzene rings is 1. The van der Waals surface area contributed by atoms with Gasteiger partial charge in [-0.2, -0.15) is 0 Å². The number of hydrogen-bond donors (Lipinski definition) is 2. The van der Waals surface area contributed by atoms with Crippen molar-refractivity contribution in [3.8, 4) is 5.75 Å². The molecule has 0 saturated heterocycles. The summed E-state index contributed by atoms with van der Waals surface area (Å²) in [6.07, 6.45) is 0.998. The number of carbonyl (C=O) groups excluding carboxylic acids is 1. The van der Waals surface area contributed by atoms with Gasteiger partial charge in [-0.05, 0) is 51.0 Å². The van der Waals surface area contributed by atoms with Crippen LogP contribution in [0.25, 0.3) is 0 Å². The average molecular weight is 328 g/mol. The van der Waals surface area contributed by atoms with E-state index in [1.54, 1.807) is 0 Å². The van der Waals surface area contributed by atoms with Crippen molar-refractivity contribution in [2.24, 2.45) is 0 Å². The summed E-state index contributed by atoms with van der Waals surface area (Å²) in [4.78, 5) is 26.5. The Morgan fingerprint density at radius 3 is 2.54 bits per heavy atom. The van der Waals surface area contributed by atoms with Crippen LogP contribution >= 0.6 is 0 Å². The Labute approximate surface area is 142 Å². The van der Waals surface area contributed by atoms with E-state index in [1.165, 1.54) is 5.56 Å². The van der Waals surface area contributed by atoms with E-state index in [0.717, 1.165) is 17.0 Å². The molecule has 0 bridgehead atoms. The number of aromatic amines is 1. The topological polar surface area (TPSA) is 71.2 Å². The van der Waals surface area contributed by atoms with Crippen molar-refractivity contribution in [2.45, 2.75) is 40.2 Å². The van der Waals surface area contributed by atoms with Crippen molar-refractivity contribution in [3.05, 3.63) is 63.1 Å². The lowest BCUT2D eigenvalue weighted by molar-refractivity contribution is -0.121. The van der Waals surface area contributed by atoms with Gasteiger partial charge in [-0.15, -0.1) is 0 Å². The summed E-state index contributed by atoms with van der Waals surface area (Å²) in [7, 11) is 0. The van der Waals surface area contributed by atoms with Crippen LogP contribution in [-0.2, 0) is 11.3 Å². The molecule has 1 amide bonds. The number of pyridine rings is 1. The van der Waals surface area contributed by atoms with Gasteiger partial charge in [0.2, 0.25) is 5.91 Å². The van der Waals surface area contributed by atoms with Gasteiger partial charge in [0.25, 0.3) is 5.56 Å². The Morgan fingerprint density at radius 2 is 1.88 bits per heavy atom. The number of aryl methyl sites for hydroxylation is 3. The zero-order chi connectivity index (χ0) is 17.5. The predicted molar refractivity (Wildman–Crippen MR) is 94.3 cm³/mol. The van der Waals surface area contributed by atoms with Crippen molar-refractivity contribution in [1.29, 1.82) is 0 Å². The molecule has 0 atom stereocenters. The third-order valence-corrected chi connectivity index (χ3v) is 3.79. The minimum atomic E-state index is -0.143. The summed E-state index contributed by atoms with van der Waals surface area (Å²) in [5.41, 5.74) is 3.35. The molecule has 0 aliphatic carbocycles. The van der Waals surface area contributed by atoms with Gasteiger partial charge in [0.05, 0.1) is 6.61 Å². The van der Waals surface area contributed by atoms with Gasteiger partial charge in [0.15, 0.2) is 0 Å². The van der Waals surface area contributed by atoms with Crippen LogP contribution in [0.4, 0.5) is 0 Å². The van der Waals surface area contributed by atoms with Gasteiger partial charge in [-0.1, -0.05) is 17.7 Å². The minimum absolute atomic E-state index is 0.0816. The molecule has 2 rings (SSSR count). The number of H-pyrrole nitrogens is 1. The van der Waals surface area contributed by atoms with E-state index < -0.39 is 0 Å². The molecule has 2 aromatic rings. The molecule has 2 N–H and O–H groups in total. The molecule has 0 aliphatic heterocycles. The zero-order valence-electron chi connectivity index (χ0n) is 14.4.